The Kier molecular flexibility index (Phi) is 7.52. The summed E-state index contributed by atoms with van der Waals surface area (Å²) in [5.41, 5.74) is 1.28. The molecule has 0 aromatic heterocycles. The molecule has 0 spiro atoms. The molecule has 0 aliphatic rings. The van der Waals surface area contributed by atoms with E-state index in [4.69, 9.17) is 9.47 Å². The molecule has 2 aromatic rings. The maximum absolute atomic E-state index is 12.5. The lowest BCUT2D eigenvalue weighted by atomic mass is 10.1. The van der Waals surface area contributed by atoms with Crippen LogP contribution in [0.2, 0.25) is 0 Å². The lowest BCUT2D eigenvalue weighted by molar-refractivity contribution is 0.102. The molecule has 26 heavy (non-hydrogen) atoms. The van der Waals surface area contributed by atoms with Crippen molar-refractivity contribution >= 4 is 11.6 Å². The van der Waals surface area contributed by atoms with Gasteiger partial charge in [0.05, 0.1) is 13.2 Å². The second-order valence-electron chi connectivity index (χ2n) is 7.25. The maximum atomic E-state index is 12.5. The van der Waals surface area contributed by atoms with Crippen LogP contribution in [0.15, 0.2) is 48.5 Å². The van der Waals surface area contributed by atoms with E-state index in [2.05, 4.69) is 33.0 Å². The van der Waals surface area contributed by atoms with E-state index in [-0.39, 0.29) is 5.91 Å². The standard InChI is InChI=1S/C22H29NO3/c1-16(2)11-12-25-20-9-5-7-18(13-20)22(24)23-19-8-6-10-21(14-19)26-15-17(3)4/h5-10,13-14,16-17H,11-12,15H2,1-4H3,(H,23,24). The van der Waals surface area contributed by atoms with Crippen LogP contribution in [0.1, 0.15) is 44.5 Å². The highest BCUT2D eigenvalue weighted by Gasteiger charge is 2.08. The lowest BCUT2D eigenvalue weighted by Crippen LogP contribution is -2.12. The van der Waals surface area contributed by atoms with Crippen molar-refractivity contribution in [2.75, 3.05) is 18.5 Å². The first-order chi connectivity index (χ1) is 12.4. The fourth-order valence-corrected chi connectivity index (χ4v) is 2.27. The Labute approximate surface area is 156 Å². The number of carbonyl (C=O) groups is 1. The smallest absolute Gasteiger partial charge is 0.255 e. The summed E-state index contributed by atoms with van der Waals surface area (Å²) in [5.74, 6) is 2.34. The Morgan fingerprint density at radius 2 is 1.62 bits per heavy atom. The first kappa shape index (κ1) is 19.8. The SMILES string of the molecule is CC(C)CCOc1cccc(C(=O)Nc2cccc(OCC(C)C)c2)c1. The van der Waals surface area contributed by atoms with E-state index < -0.39 is 0 Å². The molecule has 0 fully saturated rings. The monoisotopic (exact) mass is 355 g/mol. The van der Waals surface area contributed by atoms with E-state index in [1.54, 1.807) is 12.1 Å². The van der Waals surface area contributed by atoms with Gasteiger partial charge < -0.3 is 14.8 Å². The van der Waals surface area contributed by atoms with Crippen LogP contribution >= 0.6 is 0 Å². The molecule has 0 aliphatic heterocycles. The number of hydrogen-bond donors (Lipinski definition) is 1. The average molecular weight is 355 g/mol. The molecular weight excluding hydrogens is 326 g/mol. The summed E-state index contributed by atoms with van der Waals surface area (Å²) in [5, 5.41) is 2.91. The number of amides is 1. The molecule has 0 unspecified atom stereocenters. The van der Waals surface area contributed by atoms with Gasteiger partial charge in [0.2, 0.25) is 0 Å². The molecule has 2 rings (SSSR count). The highest BCUT2D eigenvalue weighted by molar-refractivity contribution is 6.04. The van der Waals surface area contributed by atoms with Crippen molar-refractivity contribution in [1.82, 2.24) is 0 Å². The summed E-state index contributed by atoms with van der Waals surface area (Å²) in [6.07, 6.45) is 0.986. The number of anilines is 1. The Balaban J connectivity index is 1.98. The molecule has 2 aromatic carbocycles. The third-order valence-electron chi connectivity index (χ3n) is 3.74. The predicted octanol–water partition coefficient (Wildman–Crippen LogP) is 5.40. The summed E-state index contributed by atoms with van der Waals surface area (Å²) >= 11 is 0. The molecule has 1 N–H and O–H groups in total. The van der Waals surface area contributed by atoms with Crippen LogP contribution in [0.25, 0.3) is 0 Å². The normalized spacial score (nSPS) is 10.8. The number of carbonyl (C=O) groups excluding carboxylic acids is 1. The van der Waals surface area contributed by atoms with Crippen molar-refractivity contribution in [2.24, 2.45) is 11.8 Å². The van der Waals surface area contributed by atoms with Crippen LogP contribution in [-0.4, -0.2) is 19.1 Å². The minimum atomic E-state index is -0.166. The molecule has 4 heteroatoms. The van der Waals surface area contributed by atoms with Crippen LogP contribution in [0.5, 0.6) is 11.5 Å². The van der Waals surface area contributed by atoms with Gasteiger partial charge in [0.1, 0.15) is 11.5 Å². The van der Waals surface area contributed by atoms with Gasteiger partial charge in [0.25, 0.3) is 5.91 Å². The lowest BCUT2D eigenvalue weighted by Gasteiger charge is -2.12. The van der Waals surface area contributed by atoms with Crippen LogP contribution in [0, 0.1) is 11.8 Å². The number of ether oxygens (including phenoxy) is 2. The number of nitrogens with one attached hydrogen (secondary N) is 1. The molecule has 140 valence electrons. The second kappa shape index (κ2) is 9.85. The van der Waals surface area contributed by atoms with Gasteiger partial charge >= 0.3 is 0 Å². The molecule has 4 nitrogen and oxygen atoms in total. The molecule has 0 atom stereocenters. The summed E-state index contributed by atoms with van der Waals surface area (Å²) in [4.78, 5) is 12.5. The second-order valence-corrected chi connectivity index (χ2v) is 7.25. The third-order valence-corrected chi connectivity index (χ3v) is 3.74. The minimum absolute atomic E-state index is 0.166. The number of benzene rings is 2. The largest absolute Gasteiger partial charge is 0.494 e. The van der Waals surface area contributed by atoms with Gasteiger partial charge in [-0.1, -0.05) is 39.8 Å². The molecule has 0 saturated heterocycles. The van der Waals surface area contributed by atoms with Gasteiger partial charge in [-0.2, -0.15) is 0 Å². The fourth-order valence-electron chi connectivity index (χ4n) is 2.27. The van der Waals surface area contributed by atoms with Crippen molar-refractivity contribution in [3.05, 3.63) is 54.1 Å². The van der Waals surface area contributed by atoms with Gasteiger partial charge in [-0.15, -0.1) is 0 Å². The quantitative estimate of drug-likeness (QED) is 0.655. The zero-order valence-corrected chi connectivity index (χ0v) is 16.1. The van der Waals surface area contributed by atoms with Gasteiger partial charge in [0, 0.05) is 17.3 Å². The molecule has 0 saturated carbocycles. The van der Waals surface area contributed by atoms with Crippen molar-refractivity contribution < 1.29 is 14.3 Å². The Morgan fingerprint density at radius 1 is 0.923 bits per heavy atom. The topological polar surface area (TPSA) is 47.6 Å². The van der Waals surface area contributed by atoms with Crippen molar-refractivity contribution in [1.29, 1.82) is 0 Å². The first-order valence-corrected chi connectivity index (χ1v) is 9.21. The molecule has 0 heterocycles. The van der Waals surface area contributed by atoms with Gasteiger partial charge in [0.15, 0.2) is 0 Å². The highest BCUT2D eigenvalue weighted by Crippen LogP contribution is 2.20. The zero-order chi connectivity index (χ0) is 18.9. The number of rotatable bonds is 9. The van der Waals surface area contributed by atoms with E-state index in [9.17, 15) is 4.79 Å². The van der Waals surface area contributed by atoms with E-state index in [0.29, 0.717) is 42.0 Å². The van der Waals surface area contributed by atoms with Crippen molar-refractivity contribution in [2.45, 2.75) is 34.1 Å². The summed E-state index contributed by atoms with van der Waals surface area (Å²) in [6.45, 7) is 9.81. The average Bonchev–Trinajstić information content (AvgIpc) is 2.60. The van der Waals surface area contributed by atoms with Crippen LogP contribution < -0.4 is 14.8 Å². The van der Waals surface area contributed by atoms with E-state index in [1.165, 1.54) is 0 Å². The van der Waals surface area contributed by atoms with E-state index >= 15 is 0 Å². The summed E-state index contributed by atoms with van der Waals surface area (Å²) in [6, 6.07) is 14.7. The fraction of sp³-hybridized carbons (Fsp3) is 0.409. The van der Waals surface area contributed by atoms with E-state index in [0.717, 1.165) is 12.2 Å². The Bertz CT molecular complexity index is 710. The summed E-state index contributed by atoms with van der Waals surface area (Å²) in [7, 11) is 0. The third kappa shape index (κ3) is 6.79. The molecule has 0 aliphatic carbocycles. The van der Waals surface area contributed by atoms with Gasteiger partial charge in [-0.3, -0.25) is 4.79 Å². The van der Waals surface area contributed by atoms with Crippen LogP contribution in [0.3, 0.4) is 0 Å². The van der Waals surface area contributed by atoms with Gasteiger partial charge in [-0.05, 0) is 48.6 Å². The van der Waals surface area contributed by atoms with Crippen molar-refractivity contribution in [3.63, 3.8) is 0 Å². The zero-order valence-electron chi connectivity index (χ0n) is 16.1. The van der Waals surface area contributed by atoms with E-state index in [1.807, 2.05) is 36.4 Å². The minimum Gasteiger partial charge on any atom is -0.494 e. The first-order valence-electron chi connectivity index (χ1n) is 9.21. The molecule has 1 amide bonds. The highest BCUT2D eigenvalue weighted by atomic mass is 16.5. The Hall–Kier alpha value is -2.49. The Morgan fingerprint density at radius 3 is 2.31 bits per heavy atom. The molecule has 0 bridgehead atoms. The van der Waals surface area contributed by atoms with Crippen LogP contribution in [-0.2, 0) is 0 Å². The molecule has 0 radical (unpaired) electrons. The number of hydrogen-bond acceptors (Lipinski definition) is 3. The van der Waals surface area contributed by atoms with Crippen molar-refractivity contribution in [3.8, 4) is 11.5 Å². The van der Waals surface area contributed by atoms with Gasteiger partial charge in [-0.25, -0.2) is 0 Å². The molecular formula is C22H29NO3. The van der Waals surface area contributed by atoms with Crippen LogP contribution in [0.4, 0.5) is 5.69 Å². The maximum Gasteiger partial charge on any atom is 0.255 e. The summed E-state index contributed by atoms with van der Waals surface area (Å²) < 4.78 is 11.4. The predicted molar refractivity (Wildman–Crippen MR) is 106 cm³/mol.